The third-order valence-corrected chi connectivity index (χ3v) is 5.45. The summed E-state index contributed by atoms with van der Waals surface area (Å²) in [6, 6.07) is 5.93. The topological polar surface area (TPSA) is 41.8 Å². The number of halogens is 2. The van der Waals surface area contributed by atoms with Crippen molar-refractivity contribution in [2.24, 2.45) is 5.73 Å². The summed E-state index contributed by atoms with van der Waals surface area (Å²) in [5, 5.41) is 4.58. The van der Waals surface area contributed by atoms with Crippen LogP contribution in [-0.2, 0) is 6.42 Å². The first-order valence-corrected chi connectivity index (χ1v) is 8.99. The molecule has 3 rings (SSSR count). The van der Waals surface area contributed by atoms with Crippen molar-refractivity contribution in [3.8, 4) is 10.6 Å². The molecule has 0 bridgehead atoms. The molecule has 3 N–H and O–H groups in total. The summed E-state index contributed by atoms with van der Waals surface area (Å²) in [7, 11) is 0. The Morgan fingerprint density at radius 3 is 2.73 bits per heavy atom. The number of hydrogen-bond donors (Lipinski definition) is 2. The Morgan fingerprint density at radius 2 is 2.05 bits per heavy atom. The largest absolute Gasteiger partial charge is 0.352 e. The van der Waals surface area contributed by atoms with Gasteiger partial charge in [-0.05, 0) is 67.4 Å². The van der Waals surface area contributed by atoms with E-state index in [0.717, 1.165) is 36.7 Å². The number of thiophene rings is 1. The van der Waals surface area contributed by atoms with E-state index in [1.54, 1.807) is 17.4 Å². The minimum absolute atomic E-state index is 0.669. The van der Waals surface area contributed by atoms with Crippen LogP contribution in [0.1, 0.15) is 24.0 Å². The zero-order chi connectivity index (χ0) is 15.7. The van der Waals surface area contributed by atoms with Crippen LogP contribution in [-0.4, -0.2) is 11.5 Å². The second kappa shape index (κ2) is 6.63. The number of hydrogen-bond acceptors (Lipinski definition) is 2. The number of nitrogens with one attached hydrogen (secondary N) is 1. The molecule has 1 aromatic carbocycles. The second-order valence-electron chi connectivity index (χ2n) is 5.47. The van der Waals surface area contributed by atoms with Crippen LogP contribution in [0.25, 0.3) is 21.5 Å². The Labute approximate surface area is 144 Å². The molecule has 2 nitrogen and oxygen atoms in total. The van der Waals surface area contributed by atoms with Crippen LogP contribution < -0.4 is 5.73 Å². The van der Waals surface area contributed by atoms with E-state index in [9.17, 15) is 0 Å². The van der Waals surface area contributed by atoms with Crippen LogP contribution in [0, 0.1) is 6.92 Å². The van der Waals surface area contributed by atoms with Gasteiger partial charge in [0.2, 0.25) is 0 Å². The van der Waals surface area contributed by atoms with Gasteiger partial charge < -0.3 is 10.7 Å². The molecule has 0 amide bonds. The van der Waals surface area contributed by atoms with Crippen molar-refractivity contribution in [3.05, 3.63) is 44.8 Å². The summed E-state index contributed by atoms with van der Waals surface area (Å²) in [6.07, 6.45) is 3.05. The number of benzene rings is 1. The smallest absolute Gasteiger partial charge is 0.0662 e. The van der Waals surface area contributed by atoms with Crippen LogP contribution in [0.5, 0.6) is 0 Å². The number of aromatic nitrogens is 1. The maximum atomic E-state index is 6.38. The average molecular weight is 353 g/mol. The van der Waals surface area contributed by atoms with Crippen LogP contribution in [0.3, 0.4) is 0 Å². The molecule has 0 fully saturated rings. The Balaban J connectivity index is 2.19. The Morgan fingerprint density at radius 1 is 1.23 bits per heavy atom. The van der Waals surface area contributed by atoms with E-state index in [-0.39, 0.29) is 0 Å². The Bertz CT molecular complexity index is 804. The highest BCUT2D eigenvalue weighted by molar-refractivity contribution is 7.13. The normalized spacial score (nSPS) is 11.5. The first kappa shape index (κ1) is 15.9. The summed E-state index contributed by atoms with van der Waals surface area (Å²) in [5.41, 5.74) is 10.3. The van der Waals surface area contributed by atoms with Gasteiger partial charge in [0, 0.05) is 10.4 Å². The molecule has 0 spiro atoms. The van der Waals surface area contributed by atoms with Gasteiger partial charge in [0.15, 0.2) is 0 Å². The number of aryl methyl sites for hydroxylation is 2. The van der Waals surface area contributed by atoms with Crippen molar-refractivity contribution in [1.29, 1.82) is 0 Å². The molecule has 0 saturated heterocycles. The lowest BCUT2D eigenvalue weighted by Crippen LogP contribution is -1.99. The maximum absolute atomic E-state index is 6.38. The summed E-state index contributed by atoms with van der Waals surface area (Å²) in [4.78, 5) is 4.79. The zero-order valence-corrected chi connectivity index (χ0v) is 14.7. The molecule has 0 aliphatic rings. The van der Waals surface area contributed by atoms with Gasteiger partial charge in [-0.1, -0.05) is 23.2 Å². The number of rotatable bonds is 5. The van der Waals surface area contributed by atoms with Gasteiger partial charge in [-0.25, -0.2) is 0 Å². The van der Waals surface area contributed by atoms with Gasteiger partial charge in [0.05, 0.1) is 21.1 Å². The first-order chi connectivity index (χ1) is 10.6. The second-order valence-corrected chi connectivity index (χ2v) is 7.23. The fraction of sp³-hybridized carbons (Fsp3) is 0.294. The van der Waals surface area contributed by atoms with E-state index in [0.29, 0.717) is 10.0 Å². The molecule has 0 aliphatic carbocycles. The van der Waals surface area contributed by atoms with Gasteiger partial charge >= 0.3 is 0 Å². The Hall–Kier alpha value is -1.00. The Kier molecular flexibility index (Phi) is 4.79. The fourth-order valence-corrected chi connectivity index (χ4v) is 4.30. The minimum atomic E-state index is 0.669. The molecule has 2 heterocycles. The number of nitrogens with two attached hydrogens (primary N) is 1. The SMILES string of the molecule is Cc1ccsc1-c1[nH]c2c(Cl)cc(Cl)cc2c1CCCCN. The summed E-state index contributed by atoms with van der Waals surface area (Å²) in [5.74, 6) is 0. The lowest BCUT2D eigenvalue weighted by atomic mass is 10.0. The summed E-state index contributed by atoms with van der Waals surface area (Å²) < 4.78 is 0. The highest BCUT2D eigenvalue weighted by Gasteiger charge is 2.17. The minimum Gasteiger partial charge on any atom is -0.352 e. The van der Waals surface area contributed by atoms with Crippen LogP contribution >= 0.6 is 34.5 Å². The van der Waals surface area contributed by atoms with E-state index in [4.69, 9.17) is 28.9 Å². The molecule has 22 heavy (non-hydrogen) atoms. The molecular weight excluding hydrogens is 335 g/mol. The first-order valence-electron chi connectivity index (χ1n) is 7.36. The van der Waals surface area contributed by atoms with Crippen LogP contribution in [0.2, 0.25) is 10.0 Å². The molecule has 0 radical (unpaired) electrons. The lowest BCUT2D eigenvalue weighted by Gasteiger charge is -2.05. The zero-order valence-electron chi connectivity index (χ0n) is 12.4. The number of unbranched alkanes of at least 4 members (excludes halogenated alkanes) is 1. The van der Waals surface area contributed by atoms with Crippen molar-refractivity contribution in [1.82, 2.24) is 4.98 Å². The molecule has 0 atom stereocenters. The van der Waals surface area contributed by atoms with Gasteiger partial charge in [-0.15, -0.1) is 11.3 Å². The van der Waals surface area contributed by atoms with E-state index in [2.05, 4.69) is 23.4 Å². The average Bonchev–Trinajstić information content (AvgIpc) is 3.03. The van der Waals surface area contributed by atoms with Crippen molar-refractivity contribution >= 4 is 45.4 Å². The molecule has 2 aromatic heterocycles. The van der Waals surface area contributed by atoms with Crippen molar-refractivity contribution in [2.75, 3.05) is 6.54 Å². The van der Waals surface area contributed by atoms with Gasteiger partial charge in [-0.2, -0.15) is 0 Å². The van der Waals surface area contributed by atoms with Crippen molar-refractivity contribution in [2.45, 2.75) is 26.2 Å². The lowest BCUT2D eigenvalue weighted by molar-refractivity contribution is 0.748. The number of fused-ring (bicyclic) bond motifs is 1. The van der Waals surface area contributed by atoms with Crippen molar-refractivity contribution < 1.29 is 0 Å². The molecular formula is C17H18Cl2N2S. The van der Waals surface area contributed by atoms with Crippen molar-refractivity contribution in [3.63, 3.8) is 0 Å². The molecule has 0 saturated carbocycles. The van der Waals surface area contributed by atoms with Crippen LogP contribution in [0.15, 0.2) is 23.6 Å². The monoisotopic (exact) mass is 352 g/mol. The molecule has 0 unspecified atom stereocenters. The van der Waals surface area contributed by atoms with E-state index < -0.39 is 0 Å². The van der Waals surface area contributed by atoms with E-state index in [1.165, 1.54) is 21.7 Å². The molecule has 3 aromatic rings. The fourth-order valence-electron chi connectivity index (χ4n) is 2.80. The maximum Gasteiger partial charge on any atom is 0.0662 e. The van der Waals surface area contributed by atoms with E-state index >= 15 is 0 Å². The summed E-state index contributed by atoms with van der Waals surface area (Å²) in [6.45, 7) is 2.85. The molecule has 5 heteroatoms. The quantitative estimate of drug-likeness (QED) is 0.560. The predicted molar refractivity (Wildman–Crippen MR) is 98.4 cm³/mol. The number of H-pyrrole nitrogens is 1. The van der Waals surface area contributed by atoms with Gasteiger partial charge in [0.25, 0.3) is 0 Å². The molecule has 116 valence electrons. The summed E-state index contributed by atoms with van der Waals surface area (Å²) >= 11 is 14.3. The highest BCUT2D eigenvalue weighted by atomic mass is 35.5. The van der Waals surface area contributed by atoms with Crippen LogP contribution in [0.4, 0.5) is 0 Å². The predicted octanol–water partition coefficient (Wildman–Crippen LogP) is 5.79. The van der Waals surface area contributed by atoms with E-state index in [1.807, 2.05) is 6.07 Å². The standard InChI is InChI=1S/C17H18Cl2N2S/c1-10-5-7-22-17(10)16-12(4-2-3-6-20)13-8-11(18)9-14(19)15(13)21-16/h5,7-9,21H,2-4,6,20H2,1H3. The molecule has 0 aliphatic heterocycles. The third-order valence-electron chi connectivity index (χ3n) is 3.90. The number of aromatic amines is 1. The highest BCUT2D eigenvalue weighted by Crippen LogP contribution is 2.39. The van der Waals surface area contributed by atoms with Gasteiger partial charge in [-0.3, -0.25) is 0 Å². The van der Waals surface area contributed by atoms with Gasteiger partial charge in [0.1, 0.15) is 0 Å². The third kappa shape index (κ3) is 2.91.